The summed E-state index contributed by atoms with van der Waals surface area (Å²) >= 11 is 0. The summed E-state index contributed by atoms with van der Waals surface area (Å²) in [5.41, 5.74) is 5.42. The fraction of sp³-hybridized carbons (Fsp3) is 0.414. The Bertz CT molecular complexity index is 1670. The number of hydrogen-bond acceptors (Lipinski definition) is 10. The molecule has 240 valence electrons. The maximum Gasteiger partial charge on any atom is 1.00 e. The van der Waals surface area contributed by atoms with E-state index in [0.29, 0.717) is 10.9 Å². The Kier molecular flexibility index (Phi) is 12.5. The molecule has 0 spiro atoms. The molecule has 0 radical (unpaired) electrons. The van der Waals surface area contributed by atoms with E-state index in [2.05, 4.69) is 26.2 Å². The molecular formula is C29H32F3KN8O5. The predicted octanol–water partition coefficient (Wildman–Crippen LogP) is 0.362. The minimum atomic E-state index is -3.63. The standard InChI is InChI=1S/C22H18F3N6O5.C5H8N2.C2H6.K/c1-27-7-9(6-26)17-12(23)8-30-19(28-17)16-11-5-13(18(16)29-30)31(22(33,34)35)20(32)10-3-2-4-14(15(10)11)36-21(24)25;6-3-4-1-5(7)2-4;1-2;/h2-4,6-8,11,13,21,33-35H,5H2,1H3,(H-,26,27,28,29);4-5H,1-2,7H2;1-2H3;/q-1;;;+1. The van der Waals surface area contributed by atoms with Gasteiger partial charge in [0.25, 0.3) is 5.91 Å². The van der Waals surface area contributed by atoms with Gasteiger partial charge in [-0.2, -0.15) is 25.3 Å². The number of allylic oxidation sites excluding steroid dienone is 1. The van der Waals surface area contributed by atoms with Gasteiger partial charge in [0.15, 0.2) is 11.5 Å². The van der Waals surface area contributed by atoms with Crippen LogP contribution in [0.4, 0.5) is 13.2 Å². The third kappa shape index (κ3) is 7.15. The van der Waals surface area contributed by atoms with Crippen molar-refractivity contribution in [3.05, 3.63) is 69.8 Å². The molecule has 2 aliphatic carbocycles. The third-order valence-corrected chi connectivity index (χ3v) is 7.52. The second-order valence-corrected chi connectivity index (χ2v) is 10.2. The summed E-state index contributed by atoms with van der Waals surface area (Å²) in [6, 6.07) is 5.02. The first-order valence-electron chi connectivity index (χ1n) is 14.0. The summed E-state index contributed by atoms with van der Waals surface area (Å²) in [7, 11) is 1.43. The number of aliphatic hydroxyl groups is 3. The zero-order valence-corrected chi connectivity index (χ0v) is 28.6. The topological polar surface area (TPSA) is 208 Å². The Balaban J connectivity index is 0.000000504. The number of halogens is 3. The Morgan fingerprint density at radius 3 is 2.46 bits per heavy atom. The minimum absolute atomic E-state index is 0. The van der Waals surface area contributed by atoms with Crippen LogP contribution in [0.25, 0.3) is 16.5 Å². The molecule has 3 heterocycles. The summed E-state index contributed by atoms with van der Waals surface area (Å²) in [6.45, 7) is 0.774. The van der Waals surface area contributed by atoms with Crippen molar-refractivity contribution >= 4 is 23.3 Å². The van der Waals surface area contributed by atoms with Gasteiger partial charge in [-0.05, 0) is 37.0 Å². The van der Waals surface area contributed by atoms with Crippen molar-refractivity contribution in [3.63, 3.8) is 0 Å². The van der Waals surface area contributed by atoms with Crippen molar-refractivity contribution < 1.29 is 89.4 Å². The fourth-order valence-corrected chi connectivity index (χ4v) is 5.69. The summed E-state index contributed by atoms with van der Waals surface area (Å²) in [5.74, 6) is -2.85. The Morgan fingerprint density at radius 2 is 1.93 bits per heavy atom. The van der Waals surface area contributed by atoms with Crippen LogP contribution in [0.15, 0.2) is 30.6 Å². The molecule has 2 bridgehead atoms. The smallest absolute Gasteiger partial charge is 0.693 e. The Morgan fingerprint density at radius 1 is 1.26 bits per heavy atom. The van der Waals surface area contributed by atoms with E-state index in [1.165, 1.54) is 31.4 Å². The first-order valence-corrected chi connectivity index (χ1v) is 14.0. The van der Waals surface area contributed by atoms with Gasteiger partial charge in [0.05, 0.1) is 24.0 Å². The number of carbonyl (C=O) groups is 1. The number of rotatable bonds is 6. The number of carbonyl (C=O) groups excluding carboxylic acids is 1. The predicted molar refractivity (Wildman–Crippen MR) is 154 cm³/mol. The van der Waals surface area contributed by atoms with E-state index >= 15 is 0 Å². The molecule has 6 rings (SSSR count). The number of nitriles is 1. The molecule has 2 atom stereocenters. The van der Waals surface area contributed by atoms with E-state index in [-0.39, 0.29) is 109 Å². The fourth-order valence-electron chi connectivity index (χ4n) is 5.69. The zero-order chi connectivity index (χ0) is 33.2. The molecule has 2 aromatic heterocycles. The number of hydrogen-bond donors (Lipinski definition) is 5. The molecule has 1 aliphatic heterocycles. The van der Waals surface area contributed by atoms with Crippen molar-refractivity contribution in [2.45, 2.75) is 63.8 Å². The number of benzene rings is 1. The maximum absolute atomic E-state index is 14.9. The van der Waals surface area contributed by atoms with Crippen molar-refractivity contribution in [2.24, 2.45) is 11.7 Å². The molecule has 13 nitrogen and oxygen atoms in total. The number of nitrogens with one attached hydrogen (secondary N) is 1. The average molecular weight is 669 g/mol. The molecule has 6 N–H and O–H groups in total. The molecule has 0 saturated heterocycles. The van der Waals surface area contributed by atoms with E-state index in [1.54, 1.807) is 0 Å². The molecular weight excluding hydrogens is 636 g/mol. The monoisotopic (exact) mass is 668 g/mol. The molecule has 1 amide bonds. The zero-order valence-electron chi connectivity index (χ0n) is 25.5. The van der Waals surface area contributed by atoms with Crippen LogP contribution in [0.5, 0.6) is 5.75 Å². The van der Waals surface area contributed by atoms with Gasteiger partial charge in [-0.25, -0.2) is 13.9 Å². The van der Waals surface area contributed by atoms with Crippen LogP contribution in [0.3, 0.4) is 0 Å². The SMILES string of the molecule is CC.C[N-]/C=C(/C=N)c1nc2c3c(nn2cc1F)C1CC3c2c(OC(F)F)cccc2C(=O)N1C(O)(O)O.N#CC1CC(N)C1.[K+]. The second-order valence-electron chi connectivity index (χ2n) is 10.2. The van der Waals surface area contributed by atoms with Crippen LogP contribution in [0.1, 0.15) is 77.9 Å². The largest absolute Gasteiger partial charge is 1.00 e. The van der Waals surface area contributed by atoms with Gasteiger partial charge in [-0.3, -0.25) is 9.69 Å². The summed E-state index contributed by atoms with van der Waals surface area (Å²) in [5, 5.41) is 54.0. The number of nitrogens with zero attached hydrogens (tertiary/aromatic N) is 6. The van der Waals surface area contributed by atoms with Crippen LogP contribution in [0, 0.1) is 28.5 Å². The van der Waals surface area contributed by atoms with Gasteiger partial charge in [0, 0.05) is 40.8 Å². The van der Waals surface area contributed by atoms with E-state index in [1.807, 2.05) is 13.8 Å². The Hall–Kier alpha value is -2.92. The quantitative estimate of drug-likeness (QED) is 0.139. The average Bonchev–Trinajstić information content (AvgIpc) is 3.46. The molecule has 2 unspecified atom stereocenters. The molecule has 1 saturated carbocycles. The third-order valence-electron chi connectivity index (χ3n) is 7.52. The van der Waals surface area contributed by atoms with Crippen LogP contribution < -0.4 is 61.9 Å². The van der Waals surface area contributed by atoms with Gasteiger partial charge >= 0.3 is 64.1 Å². The normalized spacial score (nSPS) is 21.2. The molecule has 46 heavy (non-hydrogen) atoms. The summed E-state index contributed by atoms with van der Waals surface area (Å²) in [4.78, 5) is 18.0. The number of amides is 1. The number of alkyl halides is 2. The van der Waals surface area contributed by atoms with Gasteiger partial charge in [0.1, 0.15) is 11.4 Å². The maximum atomic E-state index is 14.9. The van der Waals surface area contributed by atoms with Crippen molar-refractivity contribution in [3.8, 4) is 11.8 Å². The van der Waals surface area contributed by atoms with Crippen molar-refractivity contribution in [1.29, 1.82) is 10.7 Å². The van der Waals surface area contributed by atoms with Gasteiger partial charge in [0.2, 0.25) is 0 Å². The number of ether oxygens (including phenoxy) is 1. The molecule has 3 aliphatic rings. The van der Waals surface area contributed by atoms with Crippen LogP contribution >= 0.6 is 0 Å². The minimum Gasteiger partial charge on any atom is -0.693 e. The first-order chi connectivity index (χ1) is 21.4. The molecule has 3 aromatic rings. The van der Waals surface area contributed by atoms with Gasteiger partial charge in [-0.15, -0.1) is 7.05 Å². The van der Waals surface area contributed by atoms with Crippen molar-refractivity contribution in [1.82, 2.24) is 19.5 Å². The second kappa shape index (κ2) is 15.3. The number of nitrogens with two attached hydrogens (primary N) is 1. The van der Waals surface area contributed by atoms with Crippen LogP contribution in [0.2, 0.25) is 0 Å². The van der Waals surface area contributed by atoms with E-state index < -0.39 is 36.4 Å². The number of aromatic nitrogens is 3. The number of fused-ring (bicyclic) bond motifs is 9. The van der Waals surface area contributed by atoms with Crippen LogP contribution in [-0.2, 0) is 0 Å². The first kappa shape index (κ1) is 37.5. The van der Waals surface area contributed by atoms with Gasteiger partial charge < -0.3 is 36.5 Å². The van der Waals surface area contributed by atoms with E-state index in [9.17, 15) is 33.3 Å². The molecule has 1 aromatic carbocycles. The summed E-state index contributed by atoms with van der Waals surface area (Å²) < 4.78 is 47.1. The molecule has 1 fully saturated rings. The van der Waals surface area contributed by atoms with Gasteiger partial charge in [-0.1, -0.05) is 19.9 Å². The van der Waals surface area contributed by atoms with Crippen LogP contribution in [-0.4, -0.2) is 72.7 Å². The van der Waals surface area contributed by atoms with E-state index in [0.717, 1.165) is 29.8 Å². The Labute approximate surface area is 304 Å². The van der Waals surface area contributed by atoms with Crippen molar-refractivity contribution in [2.75, 3.05) is 7.05 Å². The molecule has 17 heteroatoms. The summed E-state index contributed by atoms with van der Waals surface area (Å²) in [6.07, 6.45) is 1.17. The van der Waals surface area contributed by atoms with E-state index in [4.69, 9.17) is 16.4 Å².